The Bertz CT molecular complexity index is 658. The van der Waals surface area contributed by atoms with Crippen molar-refractivity contribution in [2.75, 3.05) is 13.2 Å². The van der Waals surface area contributed by atoms with Crippen molar-refractivity contribution < 1.29 is 19.1 Å². The van der Waals surface area contributed by atoms with Crippen molar-refractivity contribution >= 4 is 17.7 Å². The number of likely N-dealkylation sites (N-methyl/N-ethyl adjacent to an activating group) is 1. The summed E-state index contributed by atoms with van der Waals surface area (Å²) < 4.78 is 5.02. The van der Waals surface area contributed by atoms with Crippen LogP contribution in [0.2, 0.25) is 0 Å². The van der Waals surface area contributed by atoms with Gasteiger partial charge in [0.1, 0.15) is 5.69 Å². The number of ketones is 1. The molecule has 1 N–H and O–H groups in total. The van der Waals surface area contributed by atoms with E-state index in [0.717, 1.165) is 12.8 Å². The van der Waals surface area contributed by atoms with E-state index in [1.54, 1.807) is 32.6 Å². The Balaban J connectivity index is 2.28. The summed E-state index contributed by atoms with van der Waals surface area (Å²) >= 11 is 0. The zero-order valence-corrected chi connectivity index (χ0v) is 15.1. The Labute approximate surface area is 142 Å². The monoisotopic (exact) mass is 334 g/mol. The highest BCUT2D eigenvalue weighted by Gasteiger charge is 2.37. The molecule has 1 heterocycles. The average Bonchev–Trinajstić information content (AvgIpc) is 3.33. The summed E-state index contributed by atoms with van der Waals surface area (Å²) in [4.78, 5) is 41.9. The molecule has 24 heavy (non-hydrogen) atoms. The molecule has 1 amide bonds. The molecule has 6 heteroatoms. The number of nitrogens with one attached hydrogen (secondary N) is 1. The first kappa shape index (κ1) is 18.2. The molecule has 1 fully saturated rings. The van der Waals surface area contributed by atoms with Crippen LogP contribution in [0.5, 0.6) is 0 Å². The summed E-state index contributed by atoms with van der Waals surface area (Å²) in [7, 11) is 0. The number of esters is 1. The molecule has 1 aliphatic carbocycles. The average molecular weight is 334 g/mol. The van der Waals surface area contributed by atoms with Crippen LogP contribution in [0.3, 0.4) is 0 Å². The molecule has 1 aliphatic rings. The number of carbonyl (C=O) groups is 3. The van der Waals surface area contributed by atoms with Crippen LogP contribution in [0.1, 0.15) is 65.7 Å². The Kier molecular flexibility index (Phi) is 5.47. The Morgan fingerprint density at radius 2 is 1.88 bits per heavy atom. The van der Waals surface area contributed by atoms with Crippen LogP contribution in [-0.2, 0) is 9.53 Å². The minimum atomic E-state index is -0.550. The van der Waals surface area contributed by atoms with E-state index in [4.69, 9.17) is 4.74 Å². The number of aryl methyl sites for hydroxylation is 1. The smallest absolute Gasteiger partial charge is 0.355 e. The number of aromatic amines is 1. The van der Waals surface area contributed by atoms with Crippen LogP contribution in [0.25, 0.3) is 0 Å². The van der Waals surface area contributed by atoms with Crippen molar-refractivity contribution in [2.45, 2.75) is 53.5 Å². The molecule has 1 aromatic heterocycles. The zero-order chi connectivity index (χ0) is 18.0. The normalized spacial score (nSPS) is 15.0. The molecule has 0 bridgehead atoms. The van der Waals surface area contributed by atoms with Crippen molar-refractivity contribution in [3.05, 3.63) is 22.5 Å². The first-order chi connectivity index (χ1) is 11.3. The van der Waals surface area contributed by atoms with Gasteiger partial charge in [-0.15, -0.1) is 0 Å². The molecular formula is C18H26N2O4. The lowest BCUT2D eigenvalue weighted by Gasteiger charge is -2.27. The fourth-order valence-corrected chi connectivity index (χ4v) is 3.06. The van der Waals surface area contributed by atoms with Crippen molar-refractivity contribution in [3.8, 4) is 0 Å². The van der Waals surface area contributed by atoms with Gasteiger partial charge in [0.2, 0.25) is 5.91 Å². The Hall–Kier alpha value is -2.11. The van der Waals surface area contributed by atoms with E-state index in [9.17, 15) is 14.4 Å². The fourth-order valence-electron chi connectivity index (χ4n) is 3.06. The highest BCUT2D eigenvalue weighted by atomic mass is 16.5. The van der Waals surface area contributed by atoms with Gasteiger partial charge in [-0.3, -0.25) is 9.59 Å². The van der Waals surface area contributed by atoms with Crippen LogP contribution in [-0.4, -0.2) is 46.7 Å². The summed E-state index contributed by atoms with van der Waals surface area (Å²) in [5.41, 5.74) is 1.99. The third kappa shape index (κ3) is 3.37. The van der Waals surface area contributed by atoms with Crippen LogP contribution in [0.15, 0.2) is 0 Å². The topological polar surface area (TPSA) is 79.5 Å². The first-order valence-electron chi connectivity index (χ1n) is 8.54. The van der Waals surface area contributed by atoms with E-state index in [2.05, 4.69) is 4.98 Å². The standard InChI is InChI=1S/C18H26N2O4/c1-6-20(17(22)13-8-9-13)12(5)16(21)14-10(3)15(19-11(14)4)18(23)24-7-2/h12-13,19H,6-9H2,1-5H3. The fraction of sp³-hybridized carbons (Fsp3) is 0.611. The second kappa shape index (κ2) is 7.20. The highest BCUT2D eigenvalue weighted by molar-refractivity contribution is 6.06. The minimum Gasteiger partial charge on any atom is -0.461 e. The lowest BCUT2D eigenvalue weighted by Crippen LogP contribution is -2.44. The van der Waals surface area contributed by atoms with Gasteiger partial charge >= 0.3 is 5.97 Å². The quantitative estimate of drug-likeness (QED) is 0.614. The molecule has 1 unspecified atom stereocenters. The van der Waals surface area contributed by atoms with E-state index < -0.39 is 12.0 Å². The Morgan fingerprint density at radius 1 is 1.25 bits per heavy atom. The van der Waals surface area contributed by atoms with Gasteiger partial charge in [0, 0.05) is 23.7 Å². The number of H-pyrrole nitrogens is 1. The van der Waals surface area contributed by atoms with Crippen molar-refractivity contribution in [2.24, 2.45) is 5.92 Å². The molecule has 0 saturated heterocycles. The van der Waals surface area contributed by atoms with Crippen LogP contribution in [0, 0.1) is 19.8 Å². The second-order valence-corrected chi connectivity index (χ2v) is 6.28. The lowest BCUT2D eigenvalue weighted by molar-refractivity contribution is -0.133. The SMILES string of the molecule is CCOC(=O)c1[nH]c(C)c(C(=O)C(C)N(CC)C(=O)C2CC2)c1C. The Morgan fingerprint density at radius 3 is 2.38 bits per heavy atom. The number of carbonyl (C=O) groups excluding carboxylic acids is 3. The van der Waals surface area contributed by atoms with Gasteiger partial charge in [-0.1, -0.05) is 0 Å². The largest absolute Gasteiger partial charge is 0.461 e. The van der Waals surface area contributed by atoms with Crippen LogP contribution < -0.4 is 0 Å². The maximum absolute atomic E-state index is 13.0. The summed E-state index contributed by atoms with van der Waals surface area (Å²) in [6.07, 6.45) is 1.82. The number of nitrogens with zero attached hydrogens (tertiary/aromatic N) is 1. The predicted molar refractivity (Wildman–Crippen MR) is 90.1 cm³/mol. The summed E-state index contributed by atoms with van der Waals surface area (Å²) in [5.74, 6) is -0.489. The maximum atomic E-state index is 13.0. The molecule has 6 nitrogen and oxygen atoms in total. The molecule has 0 aromatic carbocycles. The molecule has 1 atom stereocenters. The molecular weight excluding hydrogens is 308 g/mol. The van der Waals surface area contributed by atoms with Gasteiger partial charge in [-0.05, 0) is 53.0 Å². The van der Waals surface area contributed by atoms with Crippen molar-refractivity contribution in [1.82, 2.24) is 9.88 Å². The van der Waals surface area contributed by atoms with Gasteiger partial charge in [0.15, 0.2) is 5.78 Å². The number of rotatable bonds is 7. The van der Waals surface area contributed by atoms with E-state index in [0.29, 0.717) is 29.1 Å². The minimum absolute atomic E-state index is 0.0507. The van der Waals surface area contributed by atoms with Gasteiger partial charge in [0.05, 0.1) is 12.6 Å². The highest BCUT2D eigenvalue weighted by Crippen LogP contribution is 2.32. The van der Waals surface area contributed by atoms with Gasteiger partial charge in [0.25, 0.3) is 0 Å². The first-order valence-corrected chi connectivity index (χ1v) is 8.54. The van der Waals surface area contributed by atoms with E-state index in [1.807, 2.05) is 6.92 Å². The van der Waals surface area contributed by atoms with E-state index in [-0.39, 0.29) is 24.2 Å². The predicted octanol–water partition coefficient (Wildman–Crippen LogP) is 2.64. The number of ether oxygens (including phenoxy) is 1. The summed E-state index contributed by atoms with van der Waals surface area (Å²) in [6.45, 7) is 9.63. The number of hydrogen-bond acceptors (Lipinski definition) is 4. The third-order valence-electron chi connectivity index (χ3n) is 4.56. The molecule has 1 saturated carbocycles. The van der Waals surface area contributed by atoms with Crippen molar-refractivity contribution in [3.63, 3.8) is 0 Å². The number of Topliss-reactive ketones (excluding diaryl/α,β-unsaturated/α-hetero) is 1. The van der Waals surface area contributed by atoms with Gasteiger partial charge in [-0.25, -0.2) is 4.79 Å². The third-order valence-corrected chi connectivity index (χ3v) is 4.56. The molecule has 132 valence electrons. The van der Waals surface area contributed by atoms with Gasteiger partial charge in [-0.2, -0.15) is 0 Å². The molecule has 2 rings (SSSR count). The van der Waals surface area contributed by atoms with E-state index >= 15 is 0 Å². The number of amides is 1. The number of aromatic nitrogens is 1. The molecule has 0 spiro atoms. The molecule has 0 radical (unpaired) electrons. The van der Waals surface area contributed by atoms with Gasteiger partial charge < -0.3 is 14.6 Å². The molecule has 0 aliphatic heterocycles. The van der Waals surface area contributed by atoms with Crippen molar-refractivity contribution in [1.29, 1.82) is 0 Å². The van der Waals surface area contributed by atoms with E-state index in [1.165, 1.54) is 0 Å². The second-order valence-electron chi connectivity index (χ2n) is 6.28. The number of hydrogen-bond donors (Lipinski definition) is 1. The summed E-state index contributed by atoms with van der Waals surface area (Å²) in [6, 6.07) is -0.550. The lowest BCUT2D eigenvalue weighted by atomic mass is 9.99. The zero-order valence-electron chi connectivity index (χ0n) is 15.1. The molecule has 1 aromatic rings. The maximum Gasteiger partial charge on any atom is 0.355 e. The summed E-state index contributed by atoms with van der Waals surface area (Å²) in [5, 5.41) is 0. The van der Waals surface area contributed by atoms with Crippen LogP contribution in [0.4, 0.5) is 0 Å². The van der Waals surface area contributed by atoms with Crippen LogP contribution >= 0.6 is 0 Å².